The molecular weight excluding hydrogens is 376 g/mol. The molecule has 4 atom stereocenters. The summed E-state index contributed by atoms with van der Waals surface area (Å²) >= 11 is 0. The minimum atomic E-state index is -0.128. The van der Waals surface area contributed by atoms with Crippen molar-refractivity contribution < 1.29 is 19.0 Å². The highest BCUT2D eigenvalue weighted by atomic mass is 16.5. The molecule has 4 heteroatoms. The molecule has 0 unspecified atom stereocenters. The van der Waals surface area contributed by atoms with Gasteiger partial charge in [-0.2, -0.15) is 0 Å². The maximum atomic E-state index is 13.6. The lowest BCUT2D eigenvalue weighted by Crippen LogP contribution is -2.49. The van der Waals surface area contributed by atoms with Crippen LogP contribution in [0.1, 0.15) is 33.3 Å². The average Bonchev–Trinajstić information content (AvgIpc) is 2.89. The molecular formula is C26H24O4. The van der Waals surface area contributed by atoms with Crippen LogP contribution in [0.4, 0.5) is 0 Å². The quantitative estimate of drug-likeness (QED) is 0.612. The summed E-state index contributed by atoms with van der Waals surface area (Å²) in [4.78, 5) is 13.6. The zero-order valence-corrected chi connectivity index (χ0v) is 17.1. The Kier molecular flexibility index (Phi) is 4.70. The predicted molar refractivity (Wildman–Crippen MR) is 115 cm³/mol. The van der Waals surface area contributed by atoms with E-state index in [1.165, 1.54) is 5.56 Å². The summed E-state index contributed by atoms with van der Waals surface area (Å²) in [5.74, 6) is 2.49. The van der Waals surface area contributed by atoms with Gasteiger partial charge in [-0.1, -0.05) is 48.5 Å². The Morgan fingerprint density at radius 2 is 1.50 bits per heavy atom. The van der Waals surface area contributed by atoms with Gasteiger partial charge in [0.2, 0.25) is 0 Å². The molecule has 1 heterocycles. The van der Waals surface area contributed by atoms with Gasteiger partial charge in [0.05, 0.1) is 26.4 Å². The molecule has 0 saturated heterocycles. The van der Waals surface area contributed by atoms with Gasteiger partial charge in [0, 0.05) is 17.8 Å². The van der Waals surface area contributed by atoms with Crippen molar-refractivity contribution in [1.82, 2.24) is 0 Å². The second kappa shape index (κ2) is 7.52. The van der Waals surface area contributed by atoms with Crippen LogP contribution in [0.15, 0.2) is 72.8 Å². The minimum Gasteiger partial charge on any atom is -0.493 e. The van der Waals surface area contributed by atoms with E-state index in [2.05, 4.69) is 30.3 Å². The third-order valence-electron chi connectivity index (χ3n) is 6.56. The van der Waals surface area contributed by atoms with E-state index in [9.17, 15) is 4.79 Å². The fourth-order valence-corrected chi connectivity index (χ4v) is 5.16. The van der Waals surface area contributed by atoms with Crippen LogP contribution in [0.2, 0.25) is 0 Å². The number of benzene rings is 3. The molecule has 1 aliphatic carbocycles. The number of rotatable bonds is 4. The van der Waals surface area contributed by atoms with Crippen molar-refractivity contribution in [2.75, 3.05) is 20.8 Å². The molecule has 0 spiro atoms. The molecule has 1 saturated carbocycles. The maximum Gasteiger partial charge on any atom is 0.170 e. The zero-order valence-electron chi connectivity index (χ0n) is 17.1. The van der Waals surface area contributed by atoms with E-state index in [0.717, 1.165) is 5.56 Å². The number of hydrogen-bond acceptors (Lipinski definition) is 4. The van der Waals surface area contributed by atoms with Gasteiger partial charge < -0.3 is 14.2 Å². The van der Waals surface area contributed by atoms with Crippen LogP contribution < -0.4 is 14.2 Å². The fourth-order valence-electron chi connectivity index (χ4n) is 5.16. The van der Waals surface area contributed by atoms with Crippen molar-refractivity contribution in [3.05, 3.63) is 89.5 Å². The summed E-state index contributed by atoms with van der Waals surface area (Å²) in [6.07, 6.45) is 0. The van der Waals surface area contributed by atoms with Gasteiger partial charge in [0.1, 0.15) is 5.75 Å². The Labute approximate surface area is 176 Å². The number of fused-ring (bicyclic) bond motifs is 2. The van der Waals surface area contributed by atoms with E-state index < -0.39 is 0 Å². The van der Waals surface area contributed by atoms with E-state index in [1.54, 1.807) is 14.2 Å². The molecule has 1 aliphatic heterocycles. The summed E-state index contributed by atoms with van der Waals surface area (Å²) in [5.41, 5.74) is 3.01. The number of ketones is 1. The number of ether oxygens (including phenoxy) is 3. The molecule has 4 nitrogen and oxygen atoms in total. The van der Waals surface area contributed by atoms with Gasteiger partial charge in [0.15, 0.2) is 17.3 Å². The SMILES string of the molecule is COc1ccc([C@H]2[C@H]3C(=O)c4ccccc4OC[C@H]3[C@@H]2c2ccccc2)cc1OC. The van der Waals surface area contributed by atoms with E-state index in [1.807, 2.05) is 42.5 Å². The minimum absolute atomic E-state index is 0.0551. The van der Waals surface area contributed by atoms with Crippen LogP contribution in [0, 0.1) is 11.8 Å². The molecule has 3 aromatic carbocycles. The molecule has 0 amide bonds. The van der Waals surface area contributed by atoms with E-state index >= 15 is 0 Å². The van der Waals surface area contributed by atoms with Gasteiger partial charge in [-0.3, -0.25) is 4.79 Å². The highest BCUT2D eigenvalue weighted by molar-refractivity contribution is 6.02. The van der Waals surface area contributed by atoms with Crippen LogP contribution in [-0.4, -0.2) is 26.6 Å². The van der Waals surface area contributed by atoms with Crippen LogP contribution in [0.5, 0.6) is 17.2 Å². The first-order valence-corrected chi connectivity index (χ1v) is 10.3. The Hall–Kier alpha value is -3.27. The lowest BCUT2D eigenvalue weighted by molar-refractivity contribution is 0.0416. The van der Waals surface area contributed by atoms with E-state index in [0.29, 0.717) is 29.4 Å². The predicted octanol–water partition coefficient (Wildman–Crippen LogP) is 5.09. The van der Waals surface area contributed by atoms with E-state index in [-0.39, 0.29) is 29.5 Å². The highest BCUT2D eigenvalue weighted by Crippen LogP contribution is 2.60. The monoisotopic (exact) mass is 400 g/mol. The summed E-state index contributed by atoms with van der Waals surface area (Å²) in [6, 6.07) is 24.0. The second-order valence-electron chi connectivity index (χ2n) is 7.94. The lowest BCUT2D eigenvalue weighted by Gasteiger charge is -2.51. The molecule has 30 heavy (non-hydrogen) atoms. The molecule has 1 fully saturated rings. The van der Waals surface area contributed by atoms with E-state index in [4.69, 9.17) is 14.2 Å². The van der Waals surface area contributed by atoms with Crippen molar-refractivity contribution in [3.63, 3.8) is 0 Å². The van der Waals surface area contributed by atoms with Gasteiger partial charge in [-0.25, -0.2) is 0 Å². The standard InChI is InChI=1S/C26H24O4/c1-28-21-13-12-17(14-22(21)29-2)24-23(16-8-4-3-5-9-16)19-15-30-20-11-7-6-10-18(20)26(27)25(19)24/h3-14,19,23-25H,15H2,1-2H3/t19-,23-,24+,25-/m0/s1. The average molecular weight is 400 g/mol. The van der Waals surface area contributed by atoms with Gasteiger partial charge in [0.25, 0.3) is 0 Å². The molecule has 2 aliphatic rings. The van der Waals surface area contributed by atoms with Crippen molar-refractivity contribution in [3.8, 4) is 17.2 Å². The number of para-hydroxylation sites is 1. The van der Waals surface area contributed by atoms with Crippen LogP contribution in [0.25, 0.3) is 0 Å². The molecule has 152 valence electrons. The van der Waals surface area contributed by atoms with Gasteiger partial charge in [-0.05, 0) is 41.3 Å². The van der Waals surface area contributed by atoms with Crippen molar-refractivity contribution in [1.29, 1.82) is 0 Å². The number of carbonyl (C=O) groups is 1. The molecule has 0 N–H and O–H groups in total. The van der Waals surface area contributed by atoms with Crippen molar-refractivity contribution in [2.24, 2.45) is 11.8 Å². The first kappa shape index (κ1) is 18.7. The third-order valence-corrected chi connectivity index (χ3v) is 6.56. The van der Waals surface area contributed by atoms with Crippen LogP contribution >= 0.6 is 0 Å². The Bertz CT molecular complexity index is 1080. The Morgan fingerprint density at radius 3 is 2.27 bits per heavy atom. The smallest absolute Gasteiger partial charge is 0.170 e. The van der Waals surface area contributed by atoms with Gasteiger partial charge >= 0.3 is 0 Å². The Morgan fingerprint density at radius 1 is 0.767 bits per heavy atom. The topological polar surface area (TPSA) is 44.8 Å². The first-order valence-electron chi connectivity index (χ1n) is 10.3. The summed E-state index contributed by atoms with van der Waals surface area (Å²) in [6.45, 7) is 0.538. The van der Waals surface area contributed by atoms with Gasteiger partial charge in [-0.15, -0.1) is 0 Å². The van der Waals surface area contributed by atoms with Crippen LogP contribution in [-0.2, 0) is 0 Å². The normalized spacial score (nSPS) is 24.5. The molecule has 3 aromatic rings. The van der Waals surface area contributed by atoms with Crippen molar-refractivity contribution >= 4 is 5.78 Å². The number of methoxy groups -OCH3 is 2. The lowest BCUT2D eigenvalue weighted by atomic mass is 9.51. The largest absolute Gasteiger partial charge is 0.493 e. The third kappa shape index (κ3) is 2.86. The van der Waals surface area contributed by atoms with Crippen LogP contribution in [0.3, 0.4) is 0 Å². The van der Waals surface area contributed by atoms with Crippen molar-refractivity contribution in [2.45, 2.75) is 11.8 Å². The highest BCUT2D eigenvalue weighted by Gasteiger charge is 2.56. The summed E-state index contributed by atoms with van der Waals surface area (Å²) in [5, 5.41) is 0. The zero-order chi connectivity index (χ0) is 20.7. The Balaban J connectivity index is 1.62. The number of hydrogen-bond donors (Lipinski definition) is 0. The fraction of sp³-hybridized carbons (Fsp3) is 0.269. The summed E-state index contributed by atoms with van der Waals surface area (Å²) < 4.78 is 17.1. The second-order valence-corrected chi connectivity index (χ2v) is 7.94. The molecule has 0 bridgehead atoms. The maximum absolute atomic E-state index is 13.6. The molecule has 5 rings (SSSR count). The number of carbonyl (C=O) groups excluding carboxylic acids is 1. The first-order chi connectivity index (χ1) is 14.7. The number of Topliss-reactive ketones (excluding diaryl/α,β-unsaturated/α-hetero) is 1. The molecule has 0 aromatic heterocycles. The molecule has 0 radical (unpaired) electrons. The summed E-state index contributed by atoms with van der Waals surface area (Å²) in [7, 11) is 3.27.